The number of aromatic hydroxyl groups is 1. The Kier molecular flexibility index (Phi) is 14.9. The van der Waals surface area contributed by atoms with Crippen LogP contribution in [0.15, 0.2) is 158 Å². The Morgan fingerprint density at radius 3 is 1.66 bits per heavy atom. The molecule has 0 amide bonds. The molecule has 1 N–H and O–H groups in total. The molecule has 0 saturated heterocycles. The van der Waals surface area contributed by atoms with Gasteiger partial charge in [-0.2, -0.15) is 0 Å². The number of pyridine rings is 1. The van der Waals surface area contributed by atoms with E-state index >= 15 is 0 Å². The Morgan fingerprint density at radius 2 is 1.05 bits per heavy atom. The van der Waals surface area contributed by atoms with E-state index in [2.05, 4.69) is 266 Å². The van der Waals surface area contributed by atoms with Crippen molar-refractivity contribution in [2.75, 3.05) is 0 Å². The Labute approximate surface area is 456 Å². The molecule has 0 fully saturated rings. The van der Waals surface area contributed by atoms with Crippen molar-refractivity contribution in [3.63, 3.8) is 0 Å². The van der Waals surface area contributed by atoms with Crippen molar-refractivity contribution in [2.24, 2.45) is 0 Å². The number of para-hydroxylation sites is 1. The summed E-state index contributed by atoms with van der Waals surface area (Å²) in [7, 11) is 0. The van der Waals surface area contributed by atoms with Crippen molar-refractivity contribution >= 4 is 11.0 Å². The van der Waals surface area contributed by atoms with Crippen LogP contribution in [0, 0.1) is 6.07 Å². The summed E-state index contributed by atoms with van der Waals surface area (Å²) in [4.78, 5) is 10.9. The number of phenolic OH excluding ortho intramolecular Hbond substituents is 1. The first-order valence-corrected chi connectivity index (χ1v) is 26.3. The summed E-state index contributed by atoms with van der Waals surface area (Å²) < 4.78 is 2.38. The molecule has 0 radical (unpaired) electrons. The number of phenols is 1. The molecule has 4 nitrogen and oxygen atoms in total. The largest absolute Gasteiger partial charge is 0.507 e. The van der Waals surface area contributed by atoms with E-state index in [4.69, 9.17) is 9.97 Å². The molecule has 2 heterocycles. The van der Waals surface area contributed by atoms with Crippen molar-refractivity contribution in [3.8, 4) is 67.5 Å². The fraction of sp³-hybridized carbons (Fsp3) is 0.304. The monoisotopic (exact) mass is 1160 g/mol. The number of aromatic nitrogens is 3. The molecule has 74 heavy (non-hydrogen) atoms. The molecular weight excluding hydrogens is 1080 g/mol. The summed E-state index contributed by atoms with van der Waals surface area (Å²) in [6, 6.07) is 58.6. The Hall–Kier alpha value is -6.35. The summed E-state index contributed by atoms with van der Waals surface area (Å²) in [5, 5.41) is 12.7. The summed E-state index contributed by atoms with van der Waals surface area (Å²) in [6.45, 7) is 34.0. The van der Waals surface area contributed by atoms with Gasteiger partial charge < -0.3 is 5.11 Å². The molecule has 0 saturated carbocycles. The number of hydrogen-bond donors (Lipinski definition) is 1. The quantitative estimate of drug-likeness (QED) is 0.139. The summed E-state index contributed by atoms with van der Waals surface area (Å²) in [5.41, 5.74) is 19.2. The smallest absolute Gasteiger partial charge is 0.148 e. The molecule has 0 aliphatic rings. The van der Waals surface area contributed by atoms with Gasteiger partial charge in [0.05, 0.1) is 22.3 Å². The number of benzene rings is 7. The van der Waals surface area contributed by atoms with E-state index in [0.29, 0.717) is 0 Å². The van der Waals surface area contributed by atoms with E-state index in [1.807, 2.05) is 6.20 Å². The van der Waals surface area contributed by atoms with E-state index in [9.17, 15) is 5.11 Å². The first kappa shape index (κ1) is 53.9. The minimum atomic E-state index is -0.336. The topological polar surface area (TPSA) is 50.9 Å². The molecule has 2 aromatic heterocycles. The molecule has 7 aromatic carbocycles. The van der Waals surface area contributed by atoms with E-state index in [-0.39, 0.29) is 60.3 Å². The number of rotatable bonds is 10. The number of imidazole rings is 1. The van der Waals surface area contributed by atoms with Crippen molar-refractivity contribution < 1.29 is 26.2 Å². The van der Waals surface area contributed by atoms with Gasteiger partial charge >= 0.3 is 0 Å². The summed E-state index contributed by atoms with van der Waals surface area (Å²) in [5.74, 6) is 1.37. The molecule has 0 spiro atoms. The van der Waals surface area contributed by atoms with Gasteiger partial charge in [-0.1, -0.05) is 242 Å². The van der Waals surface area contributed by atoms with Gasteiger partial charge in [-0.15, -0.1) is 23.8 Å². The molecule has 0 aliphatic heterocycles. The number of fused-ring (bicyclic) bond motifs is 1. The fourth-order valence-electron chi connectivity index (χ4n) is 10.5. The summed E-state index contributed by atoms with van der Waals surface area (Å²) in [6.07, 6.45) is 1.93. The standard InChI is InChI=1S/C69H74N3O.Pt/c1-43(2)55-39-51(66(5,6)7)40-56(44(3)4)63(55)72-61-32-24-30-54(62(61)71-65(72)57-41-52(67(8,9)10)42-59(64(57)73)68(11,12)13)48-35-47(45-25-18-16-19-26-45)36-49(37-48)60-38-46(33-34-70-60)53-29-22-23-31-58(53)69(14,15)50-27-20-17-21-28-50;/h16-36,38-44,73H,1-15H3;/q-1;. The summed E-state index contributed by atoms with van der Waals surface area (Å²) >= 11 is 0. The zero-order valence-corrected chi connectivity index (χ0v) is 48.5. The van der Waals surface area contributed by atoms with Gasteiger partial charge in [0, 0.05) is 43.9 Å². The molecule has 0 aliphatic carbocycles. The van der Waals surface area contributed by atoms with Crippen LogP contribution in [0.2, 0.25) is 0 Å². The van der Waals surface area contributed by atoms with Gasteiger partial charge in [-0.3, -0.25) is 9.55 Å². The van der Waals surface area contributed by atoms with Crippen LogP contribution in [0.3, 0.4) is 0 Å². The van der Waals surface area contributed by atoms with E-state index in [1.54, 1.807) is 0 Å². The van der Waals surface area contributed by atoms with Crippen LogP contribution in [0.1, 0.15) is 155 Å². The second-order valence-corrected chi connectivity index (χ2v) is 24.5. The second kappa shape index (κ2) is 20.4. The van der Waals surface area contributed by atoms with Crippen LogP contribution in [0.25, 0.3) is 72.7 Å². The molecule has 0 atom stereocenters. The Bertz CT molecular complexity index is 3460. The number of nitrogens with zero attached hydrogens (tertiary/aromatic N) is 3. The zero-order valence-electron chi connectivity index (χ0n) is 46.3. The van der Waals surface area contributed by atoms with E-state index < -0.39 is 0 Å². The van der Waals surface area contributed by atoms with Crippen LogP contribution >= 0.6 is 0 Å². The van der Waals surface area contributed by atoms with Crippen LogP contribution in [-0.2, 0) is 42.7 Å². The Morgan fingerprint density at radius 1 is 0.486 bits per heavy atom. The van der Waals surface area contributed by atoms with Crippen molar-refractivity contribution in [2.45, 2.75) is 137 Å². The third kappa shape index (κ3) is 10.4. The van der Waals surface area contributed by atoms with Crippen LogP contribution in [0.4, 0.5) is 0 Å². The number of hydrogen-bond acceptors (Lipinski definition) is 3. The predicted octanol–water partition coefficient (Wildman–Crippen LogP) is 18.7. The van der Waals surface area contributed by atoms with Crippen LogP contribution < -0.4 is 0 Å². The maximum atomic E-state index is 12.7. The van der Waals surface area contributed by atoms with E-state index in [0.717, 1.165) is 78.3 Å². The zero-order chi connectivity index (χ0) is 52.4. The van der Waals surface area contributed by atoms with E-state index in [1.165, 1.54) is 33.4 Å². The molecule has 9 aromatic rings. The van der Waals surface area contributed by atoms with Crippen LogP contribution in [0.5, 0.6) is 5.75 Å². The van der Waals surface area contributed by atoms with Gasteiger partial charge in [0.2, 0.25) is 0 Å². The average Bonchev–Trinajstić information content (AvgIpc) is 3.74. The molecule has 0 unspecified atom stereocenters. The third-order valence-electron chi connectivity index (χ3n) is 14.9. The van der Waals surface area contributed by atoms with Gasteiger partial charge in [-0.05, 0) is 96.4 Å². The Balaban J connectivity index is 0.00000729. The molecule has 382 valence electrons. The van der Waals surface area contributed by atoms with Crippen LogP contribution in [-0.4, -0.2) is 19.6 Å². The predicted molar refractivity (Wildman–Crippen MR) is 309 cm³/mol. The maximum absolute atomic E-state index is 12.7. The maximum Gasteiger partial charge on any atom is 0.148 e. The molecule has 5 heteroatoms. The van der Waals surface area contributed by atoms with Gasteiger partial charge in [0.15, 0.2) is 0 Å². The first-order chi connectivity index (χ1) is 34.4. The second-order valence-electron chi connectivity index (χ2n) is 24.5. The van der Waals surface area contributed by atoms with Gasteiger partial charge in [0.25, 0.3) is 0 Å². The minimum Gasteiger partial charge on any atom is -0.507 e. The third-order valence-corrected chi connectivity index (χ3v) is 14.9. The van der Waals surface area contributed by atoms with Crippen molar-refractivity contribution in [1.82, 2.24) is 14.5 Å². The van der Waals surface area contributed by atoms with Gasteiger partial charge in [0.1, 0.15) is 11.6 Å². The van der Waals surface area contributed by atoms with Crippen molar-refractivity contribution in [3.05, 3.63) is 203 Å². The normalized spacial score (nSPS) is 12.4. The molecule has 9 rings (SSSR count). The molecule has 0 bridgehead atoms. The van der Waals surface area contributed by atoms with Crippen molar-refractivity contribution in [1.29, 1.82) is 0 Å². The molecular formula is C69H74N3OPt-. The minimum absolute atomic E-state index is 0. The fourth-order valence-corrected chi connectivity index (χ4v) is 10.5. The van der Waals surface area contributed by atoms with Gasteiger partial charge in [-0.25, -0.2) is 4.98 Å². The first-order valence-electron chi connectivity index (χ1n) is 26.3. The SMILES string of the molecule is CC(C)c1cc(C(C)(C)C)cc(C(C)C)c1-n1c(-c2cc(C(C)(C)C)cc(C(C)(C)C)c2O)nc2c(-c3[c-]c(-c4cc(-c5ccccc5C(C)(C)c5ccccc5)ccn4)cc(-c4ccccc4)c3)cccc21.[Pt]. The average molecular weight is 1160 g/mol.